The van der Waals surface area contributed by atoms with E-state index in [4.69, 9.17) is 9.47 Å². The number of aliphatic hydroxyl groups is 1. The largest absolute Gasteiger partial charge is 0.507 e. The molecule has 1 amide bonds. The van der Waals surface area contributed by atoms with Gasteiger partial charge in [0.15, 0.2) is 11.5 Å². The fourth-order valence-electron chi connectivity index (χ4n) is 4.14. The van der Waals surface area contributed by atoms with Crippen LogP contribution in [-0.2, 0) is 16.0 Å². The molecule has 0 aromatic heterocycles. The molecule has 0 aliphatic carbocycles. The molecule has 0 radical (unpaired) electrons. The maximum absolute atomic E-state index is 13.2. The average molecular weight is 522 g/mol. The third-order valence-corrected chi connectivity index (χ3v) is 6.39. The quantitative estimate of drug-likeness (QED) is 0.265. The number of likely N-dealkylation sites (tertiary alicyclic amines) is 1. The molecule has 34 heavy (non-hydrogen) atoms. The Kier molecular flexibility index (Phi) is 7.03. The number of nitrogens with zero attached hydrogens (tertiary/aromatic N) is 1. The monoisotopic (exact) mass is 521 g/mol. The van der Waals surface area contributed by atoms with Crippen LogP contribution in [0.2, 0.25) is 0 Å². The molecule has 6 nitrogen and oxygen atoms in total. The van der Waals surface area contributed by atoms with Crippen molar-refractivity contribution in [3.8, 4) is 11.5 Å². The van der Waals surface area contributed by atoms with E-state index in [1.807, 2.05) is 30.3 Å². The van der Waals surface area contributed by atoms with Crippen LogP contribution >= 0.6 is 15.9 Å². The van der Waals surface area contributed by atoms with Gasteiger partial charge < -0.3 is 19.5 Å². The first-order chi connectivity index (χ1) is 16.4. The Morgan fingerprint density at radius 1 is 0.941 bits per heavy atom. The van der Waals surface area contributed by atoms with E-state index in [0.29, 0.717) is 35.6 Å². The SMILES string of the molecule is COc1ccc(C2C(=C(O)c3ccc(Br)cc3)C(=O)C(=O)N2CCc2ccccc2)cc1OC. The lowest BCUT2D eigenvalue weighted by molar-refractivity contribution is -0.139. The molecule has 1 saturated heterocycles. The minimum Gasteiger partial charge on any atom is -0.507 e. The van der Waals surface area contributed by atoms with E-state index < -0.39 is 17.7 Å². The van der Waals surface area contributed by atoms with Crippen LogP contribution in [0.4, 0.5) is 0 Å². The van der Waals surface area contributed by atoms with Crippen molar-refractivity contribution in [3.05, 3.63) is 99.5 Å². The first kappa shape index (κ1) is 23.6. The topological polar surface area (TPSA) is 76.1 Å². The predicted molar refractivity (Wildman–Crippen MR) is 133 cm³/mol. The van der Waals surface area contributed by atoms with Crippen molar-refractivity contribution in [1.82, 2.24) is 4.90 Å². The lowest BCUT2D eigenvalue weighted by Gasteiger charge is -2.26. The molecule has 1 heterocycles. The lowest BCUT2D eigenvalue weighted by atomic mass is 9.95. The van der Waals surface area contributed by atoms with Crippen LogP contribution in [0.5, 0.6) is 11.5 Å². The summed E-state index contributed by atoms with van der Waals surface area (Å²) in [7, 11) is 3.06. The number of carbonyl (C=O) groups excluding carboxylic acids is 2. The first-order valence-corrected chi connectivity index (χ1v) is 11.5. The molecule has 1 N–H and O–H groups in total. The van der Waals surface area contributed by atoms with Crippen molar-refractivity contribution in [2.24, 2.45) is 0 Å². The van der Waals surface area contributed by atoms with Gasteiger partial charge in [-0.15, -0.1) is 0 Å². The molecule has 7 heteroatoms. The zero-order chi connectivity index (χ0) is 24.2. The molecule has 4 rings (SSSR count). The van der Waals surface area contributed by atoms with Gasteiger partial charge in [-0.05, 0) is 41.8 Å². The third-order valence-electron chi connectivity index (χ3n) is 5.87. The van der Waals surface area contributed by atoms with E-state index in [9.17, 15) is 14.7 Å². The Bertz CT molecular complexity index is 1240. The van der Waals surface area contributed by atoms with E-state index in [2.05, 4.69) is 15.9 Å². The molecule has 0 saturated carbocycles. The van der Waals surface area contributed by atoms with E-state index in [1.54, 1.807) is 42.5 Å². The van der Waals surface area contributed by atoms with Gasteiger partial charge in [0.2, 0.25) is 0 Å². The Balaban J connectivity index is 1.82. The second-order valence-electron chi connectivity index (χ2n) is 7.85. The van der Waals surface area contributed by atoms with Gasteiger partial charge in [0.05, 0.1) is 25.8 Å². The highest BCUT2D eigenvalue weighted by atomic mass is 79.9. The average Bonchev–Trinajstić information content (AvgIpc) is 3.12. The highest BCUT2D eigenvalue weighted by Crippen LogP contribution is 2.42. The molecular weight excluding hydrogens is 498 g/mol. The summed E-state index contributed by atoms with van der Waals surface area (Å²) in [4.78, 5) is 27.9. The van der Waals surface area contributed by atoms with Gasteiger partial charge in [-0.2, -0.15) is 0 Å². The molecule has 1 fully saturated rings. The van der Waals surface area contributed by atoms with Crippen LogP contribution in [0, 0.1) is 0 Å². The summed E-state index contributed by atoms with van der Waals surface area (Å²) < 4.78 is 11.6. The second kappa shape index (κ2) is 10.1. The molecule has 174 valence electrons. The highest BCUT2D eigenvalue weighted by molar-refractivity contribution is 9.10. The molecule has 0 spiro atoms. The zero-order valence-electron chi connectivity index (χ0n) is 18.8. The molecule has 3 aromatic rings. The summed E-state index contributed by atoms with van der Waals surface area (Å²) in [6, 6.07) is 21.2. The van der Waals surface area contributed by atoms with Gasteiger partial charge in [0, 0.05) is 16.6 Å². The molecular formula is C27H24BrNO5. The summed E-state index contributed by atoms with van der Waals surface area (Å²) in [5.74, 6) is -0.576. The Labute approximate surface area is 206 Å². The highest BCUT2D eigenvalue weighted by Gasteiger charge is 2.46. The Hall–Kier alpha value is -3.58. The van der Waals surface area contributed by atoms with Crippen molar-refractivity contribution in [2.75, 3.05) is 20.8 Å². The maximum Gasteiger partial charge on any atom is 0.295 e. The minimum atomic E-state index is -0.771. The number of carbonyl (C=O) groups is 2. The normalized spacial score (nSPS) is 17.1. The van der Waals surface area contributed by atoms with E-state index in [0.717, 1.165) is 10.0 Å². The second-order valence-corrected chi connectivity index (χ2v) is 8.77. The van der Waals surface area contributed by atoms with Gasteiger partial charge in [0.1, 0.15) is 5.76 Å². The number of halogens is 1. The number of ether oxygens (including phenoxy) is 2. The first-order valence-electron chi connectivity index (χ1n) is 10.7. The van der Waals surface area contributed by atoms with Gasteiger partial charge in [-0.25, -0.2) is 0 Å². The summed E-state index contributed by atoms with van der Waals surface area (Å²) in [6.07, 6.45) is 0.565. The number of hydrogen-bond donors (Lipinski definition) is 1. The minimum absolute atomic E-state index is 0.0487. The number of ketones is 1. The van der Waals surface area contributed by atoms with Crippen LogP contribution in [0.25, 0.3) is 5.76 Å². The number of benzene rings is 3. The fourth-order valence-corrected chi connectivity index (χ4v) is 4.40. The van der Waals surface area contributed by atoms with Crippen LogP contribution in [0.1, 0.15) is 22.7 Å². The predicted octanol–water partition coefficient (Wildman–Crippen LogP) is 5.13. The summed E-state index contributed by atoms with van der Waals surface area (Å²) in [5, 5.41) is 11.2. The Morgan fingerprint density at radius 3 is 2.26 bits per heavy atom. The molecule has 1 aliphatic rings. The number of Topliss-reactive ketones (excluding diaryl/α,β-unsaturated/α-hetero) is 1. The summed E-state index contributed by atoms with van der Waals surface area (Å²) in [6.45, 7) is 0.310. The van der Waals surface area contributed by atoms with Gasteiger partial charge in [-0.1, -0.05) is 64.5 Å². The number of hydrogen-bond acceptors (Lipinski definition) is 5. The lowest BCUT2D eigenvalue weighted by Crippen LogP contribution is -2.31. The van der Waals surface area contributed by atoms with Crippen molar-refractivity contribution in [3.63, 3.8) is 0 Å². The van der Waals surface area contributed by atoms with Crippen LogP contribution < -0.4 is 9.47 Å². The number of aliphatic hydroxyl groups excluding tert-OH is 1. The van der Waals surface area contributed by atoms with Crippen molar-refractivity contribution >= 4 is 33.4 Å². The molecule has 1 unspecified atom stereocenters. The van der Waals surface area contributed by atoms with Gasteiger partial charge in [0.25, 0.3) is 11.7 Å². The van der Waals surface area contributed by atoms with Gasteiger partial charge >= 0.3 is 0 Å². The summed E-state index contributed by atoms with van der Waals surface area (Å²) >= 11 is 3.38. The van der Waals surface area contributed by atoms with E-state index in [1.165, 1.54) is 19.1 Å². The fraction of sp³-hybridized carbons (Fsp3) is 0.185. The molecule has 1 aliphatic heterocycles. The van der Waals surface area contributed by atoms with Crippen LogP contribution in [0.15, 0.2) is 82.8 Å². The summed E-state index contributed by atoms with van der Waals surface area (Å²) in [5.41, 5.74) is 2.19. The van der Waals surface area contributed by atoms with Crippen molar-refractivity contribution < 1.29 is 24.2 Å². The van der Waals surface area contributed by atoms with Crippen LogP contribution in [-0.4, -0.2) is 42.5 Å². The molecule has 3 aromatic carbocycles. The smallest absolute Gasteiger partial charge is 0.295 e. The number of rotatable bonds is 7. The third kappa shape index (κ3) is 4.56. The Morgan fingerprint density at radius 2 is 1.62 bits per heavy atom. The van der Waals surface area contributed by atoms with E-state index >= 15 is 0 Å². The number of amides is 1. The van der Waals surface area contributed by atoms with Crippen LogP contribution in [0.3, 0.4) is 0 Å². The number of methoxy groups -OCH3 is 2. The standard InChI is InChI=1S/C27H24BrNO5/c1-33-21-13-10-19(16-22(21)34-2)24-23(25(30)18-8-11-20(28)12-9-18)26(31)27(32)29(24)15-14-17-6-4-3-5-7-17/h3-13,16,24,30H,14-15H2,1-2H3. The zero-order valence-corrected chi connectivity index (χ0v) is 20.4. The van der Waals surface area contributed by atoms with Crippen molar-refractivity contribution in [1.29, 1.82) is 0 Å². The molecule has 1 atom stereocenters. The van der Waals surface area contributed by atoms with E-state index in [-0.39, 0.29) is 11.3 Å². The van der Waals surface area contributed by atoms with Crippen molar-refractivity contribution in [2.45, 2.75) is 12.5 Å². The maximum atomic E-state index is 13.2. The van der Waals surface area contributed by atoms with Gasteiger partial charge in [-0.3, -0.25) is 9.59 Å². The molecule has 0 bridgehead atoms.